The number of rotatable bonds is 5. The highest BCUT2D eigenvalue weighted by molar-refractivity contribution is 9.10. The zero-order valence-electron chi connectivity index (χ0n) is 19.0. The zero-order chi connectivity index (χ0) is 24.6. The van der Waals surface area contributed by atoms with Gasteiger partial charge in [-0.3, -0.25) is 9.59 Å². The summed E-state index contributed by atoms with van der Waals surface area (Å²) in [5.74, 6) is -1.08. The summed E-state index contributed by atoms with van der Waals surface area (Å²) in [5.41, 5.74) is 3.94. The van der Waals surface area contributed by atoms with Crippen molar-refractivity contribution in [2.75, 3.05) is 7.11 Å². The number of amides is 1. The van der Waals surface area contributed by atoms with Gasteiger partial charge in [0.25, 0.3) is 11.7 Å². The molecule has 2 N–H and O–H groups in total. The van der Waals surface area contributed by atoms with Crippen molar-refractivity contribution in [1.82, 2.24) is 4.90 Å². The van der Waals surface area contributed by atoms with Crippen molar-refractivity contribution >= 4 is 33.4 Å². The highest BCUT2D eigenvalue weighted by Gasteiger charge is 2.46. The third-order valence-electron chi connectivity index (χ3n) is 6.02. The summed E-state index contributed by atoms with van der Waals surface area (Å²) < 4.78 is 5.85. The van der Waals surface area contributed by atoms with Crippen LogP contribution >= 0.6 is 15.9 Å². The first kappa shape index (κ1) is 23.6. The molecule has 1 aliphatic heterocycles. The van der Waals surface area contributed by atoms with Crippen molar-refractivity contribution in [3.8, 4) is 11.5 Å². The standard InChI is InChI=1S/C27H24BrNO5/c1-15-4-5-16(2)19(12-15)14-29-24(17-6-9-20(30)10-7-17)23(26(32)27(29)33)25(31)18-8-11-22(34-3)21(28)13-18/h4-13,24,30-31H,14H2,1-3H3/b25-23-. The van der Waals surface area contributed by atoms with E-state index in [1.54, 1.807) is 30.3 Å². The highest BCUT2D eigenvalue weighted by atomic mass is 79.9. The Bertz CT molecular complexity index is 1310. The molecule has 1 unspecified atom stereocenters. The molecule has 0 spiro atoms. The van der Waals surface area contributed by atoms with Crippen molar-refractivity contribution in [2.45, 2.75) is 26.4 Å². The molecule has 1 heterocycles. The fourth-order valence-corrected chi connectivity index (χ4v) is 4.71. The number of carbonyl (C=O) groups excluding carboxylic acids is 2. The number of aliphatic hydroxyl groups excluding tert-OH is 1. The minimum atomic E-state index is -0.818. The molecule has 0 saturated carbocycles. The number of hydrogen-bond acceptors (Lipinski definition) is 5. The second-order valence-corrected chi connectivity index (χ2v) is 9.15. The lowest BCUT2D eigenvalue weighted by molar-refractivity contribution is -0.140. The van der Waals surface area contributed by atoms with Gasteiger partial charge < -0.3 is 19.8 Å². The predicted molar refractivity (Wildman–Crippen MR) is 133 cm³/mol. The minimum Gasteiger partial charge on any atom is -0.508 e. The molecular formula is C27H24BrNO5. The molecule has 1 fully saturated rings. The van der Waals surface area contributed by atoms with Crippen LogP contribution in [-0.2, 0) is 16.1 Å². The van der Waals surface area contributed by atoms with E-state index >= 15 is 0 Å². The van der Waals surface area contributed by atoms with E-state index in [4.69, 9.17) is 4.74 Å². The smallest absolute Gasteiger partial charge is 0.295 e. The summed E-state index contributed by atoms with van der Waals surface area (Å²) in [6.07, 6.45) is 0. The lowest BCUT2D eigenvalue weighted by Crippen LogP contribution is -2.29. The SMILES string of the molecule is COc1ccc(/C(O)=C2/C(=O)C(=O)N(Cc3cc(C)ccc3C)C2c2ccc(O)cc2)cc1Br. The van der Waals surface area contributed by atoms with Crippen molar-refractivity contribution in [3.63, 3.8) is 0 Å². The topological polar surface area (TPSA) is 87.1 Å². The second kappa shape index (κ2) is 9.35. The Kier molecular flexibility index (Phi) is 6.48. The quantitative estimate of drug-likeness (QED) is 0.266. The van der Waals surface area contributed by atoms with E-state index in [0.717, 1.165) is 16.7 Å². The molecule has 34 heavy (non-hydrogen) atoms. The Morgan fingerprint density at radius 1 is 1.03 bits per heavy atom. The lowest BCUT2D eigenvalue weighted by Gasteiger charge is -2.26. The summed E-state index contributed by atoms with van der Waals surface area (Å²) in [7, 11) is 1.53. The Morgan fingerprint density at radius 3 is 2.38 bits per heavy atom. The number of aliphatic hydroxyl groups is 1. The number of aryl methyl sites for hydroxylation is 2. The van der Waals surface area contributed by atoms with Crippen molar-refractivity contribution < 1.29 is 24.5 Å². The summed E-state index contributed by atoms with van der Waals surface area (Å²) in [6.45, 7) is 4.12. The van der Waals surface area contributed by atoms with Crippen LogP contribution in [0.5, 0.6) is 11.5 Å². The molecule has 6 nitrogen and oxygen atoms in total. The van der Waals surface area contributed by atoms with Crippen molar-refractivity contribution in [3.05, 3.63) is 98.5 Å². The van der Waals surface area contributed by atoms with Gasteiger partial charge in [-0.05, 0) is 76.8 Å². The molecule has 0 aromatic heterocycles. The molecule has 0 aliphatic carbocycles. The maximum absolute atomic E-state index is 13.2. The van der Waals surface area contributed by atoms with Gasteiger partial charge in [0, 0.05) is 12.1 Å². The first-order valence-electron chi connectivity index (χ1n) is 10.7. The Labute approximate surface area is 206 Å². The Morgan fingerprint density at radius 2 is 1.74 bits per heavy atom. The molecular weight excluding hydrogens is 498 g/mol. The maximum Gasteiger partial charge on any atom is 0.295 e. The van der Waals surface area contributed by atoms with Gasteiger partial charge in [0.2, 0.25) is 0 Å². The molecule has 1 atom stereocenters. The fourth-order valence-electron chi connectivity index (χ4n) is 4.17. The van der Waals surface area contributed by atoms with Gasteiger partial charge in [-0.2, -0.15) is 0 Å². The first-order valence-corrected chi connectivity index (χ1v) is 11.5. The predicted octanol–water partition coefficient (Wildman–Crippen LogP) is 5.40. The van der Waals surface area contributed by atoms with E-state index in [9.17, 15) is 19.8 Å². The van der Waals surface area contributed by atoms with Crippen LogP contribution in [0.3, 0.4) is 0 Å². The second-order valence-electron chi connectivity index (χ2n) is 8.30. The molecule has 4 rings (SSSR count). The number of carbonyl (C=O) groups is 2. The highest BCUT2D eigenvalue weighted by Crippen LogP contribution is 2.41. The van der Waals surface area contributed by atoms with E-state index < -0.39 is 17.7 Å². The molecule has 174 valence electrons. The van der Waals surface area contributed by atoms with E-state index in [2.05, 4.69) is 15.9 Å². The number of halogens is 1. The van der Waals surface area contributed by atoms with Gasteiger partial charge in [0.05, 0.1) is 23.2 Å². The number of methoxy groups -OCH3 is 1. The van der Waals surface area contributed by atoms with Crippen molar-refractivity contribution in [2.24, 2.45) is 0 Å². The summed E-state index contributed by atoms with van der Waals surface area (Å²) in [6, 6.07) is 16.4. The van der Waals surface area contributed by atoms with E-state index in [-0.39, 0.29) is 23.6 Å². The number of benzene rings is 3. The van der Waals surface area contributed by atoms with Gasteiger partial charge in [-0.1, -0.05) is 35.9 Å². The molecule has 1 amide bonds. The molecule has 3 aromatic rings. The summed E-state index contributed by atoms with van der Waals surface area (Å²) in [5, 5.41) is 21.0. The van der Waals surface area contributed by atoms with E-state index in [1.165, 1.54) is 24.1 Å². The fraction of sp³-hybridized carbons (Fsp3) is 0.185. The van der Waals surface area contributed by atoms with Gasteiger partial charge in [0.1, 0.15) is 17.3 Å². The van der Waals surface area contributed by atoms with Crippen LogP contribution in [0.25, 0.3) is 5.76 Å². The zero-order valence-corrected chi connectivity index (χ0v) is 20.6. The van der Waals surface area contributed by atoms with E-state index in [0.29, 0.717) is 21.3 Å². The normalized spacial score (nSPS) is 17.3. The molecule has 0 radical (unpaired) electrons. The molecule has 1 aliphatic rings. The van der Waals surface area contributed by atoms with Gasteiger partial charge in [-0.15, -0.1) is 0 Å². The van der Waals surface area contributed by atoms with Gasteiger partial charge in [-0.25, -0.2) is 0 Å². The number of aromatic hydroxyl groups is 1. The average Bonchev–Trinajstić information content (AvgIpc) is 3.06. The number of hydrogen-bond donors (Lipinski definition) is 2. The van der Waals surface area contributed by atoms with Crippen LogP contribution in [0.1, 0.15) is 33.9 Å². The third-order valence-corrected chi connectivity index (χ3v) is 6.64. The monoisotopic (exact) mass is 521 g/mol. The first-order chi connectivity index (χ1) is 16.2. The molecule has 7 heteroatoms. The Hall–Kier alpha value is -3.58. The molecule has 1 saturated heterocycles. The van der Waals surface area contributed by atoms with Gasteiger partial charge in [0.15, 0.2) is 0 Å². The van der Waals surface area contributed by atoms with E-state index in [1.807, 2.05) is 32.0 Å². The van der Waals surface area contributed by atoms with Crippen LogP contribution in [0, 0.1) is 13.8 Å². The molecule has 3 aromatic carbocycles. The largest absolute Gasteiger partial charge is 0.508 e. The molecule has 0 bridgehead atoms. The van der Waals surface area contributed by atoms with Crippen LogP contribution in [0.4, 0.5) is 0 Å². The maximum atomic E-state index is 13.2. The number of ether oxygens (including phenoxy) is 1. The summed E-state index contributed by atoms with van der Waals surface area (Å²) >= 11 is 3.40. The number of phenols is 1. The Balaban J connectivity index is 1.88. The van der Waals surface area contributed by atoms with Gasteiger partial charge >= 0.3 is 0 Å². The van der Waals surface area contributed by atoms with Crippen LogP contribution in [0.15, 0.2) is 70.7 Å². The number of nitrogens with zero attached hydrogens (tertiary/aromatic N) is 1. The average molecular weight is 522 g/mol. The lowest BCUT2D eigenvalue weighted by atomic mass is 9.95. The van der Waals surface area contributed by atoms with Crippen LogP contribution < -0.4 is 4.74 Å². The van der Waals surface area contributed by atoms with Crippen molar-refractivity contribution in [1.29, 1.82) is 0 Å². The number of ketones is 1. The minimum absolute atomic E-state index is 0.00179. The summed E-state index contributed by atoms with van der Waals surface area (Å²) in [4.78, 5) is 27.9. The van der Waals surface area contributed by atoms with Crippen LogP contribution in [-0.4, -0.2) is 33.9 Å². The number of likely N-dealkylation sites (tertiary alicyclic amines) is 1. The number of phenolic OH excluding ortho intramolecular Hbond substituents is 1. The third kappa shape index (κ3) is 4.31. The van der Waals surface area contributed by atoms with Crippen LogP contribution in [0.2, 0.25) is 0 Å². The number of Topliss-reactive ketones (excluding diaryl/α,β-unsaturated/α-hetero) is 1.